The Labute approximate surface area is 168 Å². The standard InChI is InChI=1S/C24H28O3S/c25-28(26,24-13-7-2-8-14-24)19-9-3-6-10-21-15-17-23(18-16-21)27-20-22-11-4-1-5-12-22/h1,4-5,7,11-18H,2-3,6,8-10,19-20H2. The van der Waals surface area contributed by atoms with Crippen molar-refractivity contribution in [2.75, 3.05) is 5.75 Å². The van der Waals surface area contributed by atoms with E-state index in [0.29, 0.717) is 17.9 Å². The van der Waals surface area contributed by atoms with E-state index in [1.165, 1.54) is 5.56 Å². The molecule has 3 rings (SSSR count). The van der Waals surface area contributed by atoms with Crippen molar-refractivity contribution < 1.29 is 13.2 Å². The summed E-state index contributed by atoms with van der Waals surface area (Å²) < 4.78 is 30.4. The molecule has 148 valence electrons. The number of ether oxygens (including phenoxy) is 1. The minimum Gasteiger partial charge on any atom is -0.489 e. The van der Waals surface area contributed by atoms with Crippen LogP contribution in [0.1, 0.15) is 43.2 Å². The Morgan fingerprint density at radius 3 is 2.32 bits per heavy atom. The molecule has 0 bridgehead atoms. The van der Waals surface area contributed by atoms with Gasteiger partial charge in [0, 0.05) is 0 Å². The number of benzene rings is 2. The highest BCUT2D eigenvalue weighted by Crippen LogP contribution is 2.19. The number of rotatable bonds is 10. The SMILES string of the molecule is O=S(=O)(CCCCCc1ccc(OCc2ccccc2)cc1)C1=CCCC=C1. The van der Waals surface area contributed by atoms with Crippen molar-refractivity contribution in [3.8, 4) is 5.75 Å². The second-order valence-electron chi connectivity index (χ2n) is 7.13. The molecule has 0 aliphatic heterocycles. The molecule has 0 spiro atoms. The number of unbranched alkanes of at least 4 members (excludes halogenated alkanes) is 2. The van der Waals surface area contributed by atoms with Crippen LogP contribution in [0.5, 0.6) is 5.75 Å². The third kappa shape index (κ3) is 6.38. The van der Waals surface area contributed by atoms with E-state index >= 15 is 0 Å². The molecule has 0 unspecified atom stereocenters. The molecule has 0 radical (unpaired) electrons. The maximum Gasteiger partial charge on any atom is 0.178 e. The van der Waals surface area contributed by atoms with Gasteiger partial charge >= 0.3 is 0 Å². The zero-order chi connectivity index (χ0) is 19.7. The summed E-state index contributed by atoms with van der Waals surface area (Å²) >= 11 is 0. The largest absolute Gasteiger partial charge is 0.489 e. The van der Waals surface area contributed by atoms with Crippen LogP contribution in [0.2, 0.25) is 0 Å². The van der Waals surface area contributed by atoms with Crippen molar-refractivity contribution >= 4 is 9.84 Å². The topological polar surface area (TPSA) is 43.4 Å². The number of hydrogen-bond donors (Lipinski definition) is 0. The number of hydrogen-bond acceptors (Lipinski definition) is 3. The van der Waals surface area contributed by atoms with Crippen molar-refractivity contribution in [1.82, 2.24) is 0 Å². The van der Waals surface area contributed by atoms with Crippen LogP contribution >= 0.6 is 0 Å². The van der Waals surface area contributed by atoms with E-state index in [1.54, 1.807) is 6.08 Å². The molecule has 28 heavy (non-hydrogen) atoms. The van der Waals surface area contributed by atoms with Gasteiger partial charge in [0.1, 0.15) is 12.4 Å². The lowest BCUT2D eigenvalue weighted by Gasteiger charge is -2.09. The van der Waals surface area contributed by atoms with E-state index in [1.807, 2.05) is 42.5 Å². The van der Waals surface area contributed by atoms with Gasteiger partial charge in [-0.15, -0.1) is 0 Å². The Bertz CT molecular complexity index is 895. The average molecular weight is 397 g/mol. The van der Waals surface area contributed by atoms with E-state index in [0.717, 1.165) is 43.4 Å². The Morgan fingerprint density at radius 2 is 1.61 bits per heavy atom. The van der Waals surface area contributed by atoms with Gasteiger partial charge in [-0.05, 0) is 61.4 Å². The fourth-order valence-corrected chi connectivity index (χ4v) is 4.72. The lowest BCUT2D eigenvalue weighted by atomic mass is 10.1. The Balaban J connectivity index is 1.36. The molecular weight excluding hydrogens is 368 g/mol. The minimum atomic E-state index is -3.11. The molecule has 0 aromatic heterocycles. The third-order valence-corrected chi connectivity index (χ3v) is 6.72. The van der Waals surface area contributed by atoms with Gasteiger partial charge in [0.2, 0.25) is 0 Å². The summed E-state index contributed by atoms with van der Waals surface area (Å²) in [7, 11) is -3.11. The zero-order valence-corrected chi connectivity index (χ0v) is 17.0. The van der Waals surface area contributed by atoms with Gasteiger partial charge < -0.3 is 4.74 Å². The lowest BCUT2D eigenvalue weighted by molar-refractivity contribution is 0.306. The molecule has 0 amide bonds. The molecule has 2 aromatic rings. The first kappa shape index (κ1) is 20.4. The quantitative estimate of drug-likeness (QED) is 0.489. The first-order chi connectivity index (χ1) is 13.6. The highest BCUT2D eigenvalue weighted by atomic mass is 32.2. The fourth-order valence-electron chi connectivity index (χ4n) is 3.23. The monoisotopic (exact) mass is 396 g/mol. The van der Waals surface area contributed by atoms with Gasteiger partial charge in [0.25, 0.3) is 0 Å². The molecular formula is C24H28O3S. The van der Waals surface area contributed by atoms with Crippen molar-refractivity contribution in [3.63, 3.8) is 0 Å². The highest BCUT2D eigenvalue weighted by molar-refractivity contribution is 7.95. The van der Waals surface area contributed by atoms with Crippen LogP contribution in [-0.4, -0.2) is 14.2 Å². The Hall–Kier alpha value is -2.33. The Morgan fingerprint density at radius 1 is 0.821 bits per heavy atom. The van der Waals surface area contributed by atoms with Crippen molar-refractivity contribution in [3.05, 3.63) is 88.9 Å². The zero-order valence-electron chi connectivity index (χ0n) is 16.2. The summed E-state index contributed by atoms with van der Waals surface area (Å²) in [5.74, 6) is 1.11. The van der Waals surface area contributed by atoms with Crippen molar-refractivity contribution in [1.29, 1.82) is 0 Å². The number of allylic oxidation sites excluding steroid dienone is 3. The van der Waals surface area contributed by atoms with Gasteiger partial charge in [0.05, 0.1) is 10.7 Å². The van der Waals surface area contributed by atoms with E-state index in [4.69, 9.17) is 4.74 Å². The average Bonchev–Trinajstić information content (AvgIpc) is 2.74. The first-order valence-corrected chi connectivity index (χ1v) is 11.6. The van der Waals surface area contributed by atoms with E-state index in [9.17, 15) is 8.42 Å². The van der Waals surface area contributed by atoms with Gasteiger partial charge in [-0.1, -0.05) is 61.0 Å². The summed E-state index contributed by atoms with van der Waals surface area (Å²) in [6.07, 6.45) is 10.9. The smallest absolute Gasteiger partial charge is 0.178 e. The van der Waals surface area contributed by atoms with Gasteiger partial charge in [0.15, 0.2) is 9.84 Å². The van der Waals surface area contributed by atoms with Crippen LogP contribution in [0.4, 0.5) is 0 Å². The number of aryl methyl sites for hydroxylation is 1. The van der Waals surface area contributed by atoms with E-state index in [2.05, 4.69) is 24.3 Å². The molecule has 2 aromatic carbocycles. The van der Waals surface area contributed by atoms with Gasteiger partial charge in [-0.3, -0.25) is 0 Å². The van der Waals surface area contributed by atoms with Crippen LogP contribution in [0.3, 0.4) is 0 Å². The molecule has 3 nitrogen and oxygen atoms in total. The maximum atomic E-state index is 12.3. The van der Waals surface area contributed by atoms with Crippen LogP contribution in [-0.2, 0) is 22.9 Å². The van der Waals surface area contributed by atoms with Crippen molar-refractivity contribution in [2.45, 2.75) is 45.1 Å². The summed E-state index contributed by atoms with van der Waals surface area (Å²) in [6.45, 7) is 0.570. The summed E-state index contributed by atoms with van der Waals surface area (Å²) in [4.78, 5) is 0.504. The van der Waals surface area contributed by atoms with Crippen molar-refractivity contribution in [2.24, 2.45) is 0 Å². The third-order valence-electron chi connectivity index (χ3n) is 4.87. The number of sulfone groups is 1. The predicted molar refractivity (Wildman–Crippen MR) is 115 cm³/mol. The van der Waals surface area contributed by atoms with Crippen LogP contribution < -0.4 is 4.74 Å². The summed E-state index contributed by atoms with van der Waals surface area (Å²) in [5.41, 5.74) is 2.41. The maximum absolute atomic E-state index is 12.3. The van der Waals surface area contributed by atoms with E-state index in [-0.39, 0.29) is 5.75 Å². The van der Waals surface area contributed by atoms with Crippen LogP contribution in [0, 0.1) is 0 Å². The predicted octanol–water partition coefficient (Wildman–Crippen LogP) is 5.63. The normalized spacial score (nSPS) is 13.9. The molecule has 0 saturated carbocycles. The molecule has 0 heterocycles. The molecule has 0 fully saturated rings. The van der Waals surface area contributed by atoms with E-state index < -0.39 is 9.84 Å². The van der Waals surface area contributed by atoms with Gasteiger partial charge in [-0.25, -0.2) is 8.42 Å². The second-order valence-corrected chi connectivity index (χ2v) is 9.24. The molecule has 1 aliphatic carbocycles. The minimum absolute atomic E-state index is 0.245. The fraction of sp³-hybridized carbons (Fsp3) is 0.333. The first-order valence-electron chi connectivity index (χ1n) is 9.99. The summed E-state index contributed by atoms with van der Waals surface area (Å²) in [6, 6.07) is 18.3. The molecule has 0 saturated heterocycles. The lowest BCUT2D eigenvalue weighted by Crippen LogP contribution is -2.09. The molecule has 0 N–H and O–H groups in total. The highest BCUT2D eigenvalue weighted by Gasteiger charge is 2.15. The molecule has 0 atom stereocenters. The molecule has 4 heteroatoms. The second kappa shape index (κ2) is 10.3. The summed E-state index contributed by atoms with van der Waals surface area (Å²) in [5, 5.41) is 0. The van der Waals surface area contributed by atoms with Gasteiger partial charge in [-0.2, -0.15) is 0 Å². The molecule has 1 aliphatic rings. The van der Waals surface area contributed by atoms with Crippen LogP contribution in [0.15, 0.2) is 77.7 Å². The van der Waals surface area contributed by atoms with Crippen LogP contribution in [0.25, 0.3) is 0 Å². The Kier molecular flexibility index (Phi) is 7.49.